The normalized spacial score (nSPS) is 19.2. The van der Waals surface area contributed by atoms with Crippen molar-refractivity contribution in [3.05, 3.63) is 11.9 Å². The van der Waals surface area contributed by atoms with E-state index in [-0.39, 0.29) is 50.0 Å². The van der Waals surface area contributed by atoms with Gasteiger partial charge in [0.2, 0.25) is 11.8 Å². The highest BCUT2D eigenvalue weighted by atomic mass is 31.1. The van der Waals surface area contributed by atoms with Gasteiger partial charge in [-0.25, -0.2) is 5.84 Å². The average Bonchev–Trinajstić information content (AvgIpc) is 2.81. The second-order valence-corrected chi connectivity index (χ2v) is 11.9. The van der Waals surface area contributed by atoms with Crippen molar-refractivity contribution >= 4 is 25.7 Å². The van der Waals surface area contributed by atoms with Gasteiger partial charge in [0, 0.05) is 32.1 Å². The lowest BCUT2D eigenvalue weighted by molar-refractivity contribution is -0.129. The Morgan fingerprint density at radius 1 is 1.14 bits per heavy atom. The quantitative estimate of drug-likeness (QED) is 0.0696. The van der Waals surface area contributed by atoms with Crippen LogP contribution in [0.4, 0.5) is 0 Å². The van der Waals surface area contributed by atoms with Crippen molar-refractivity contribution in [2.75, 3.05) is 59.0 Å². The van der Waals surface area contributed by atoms with Gasteiger partial charge in [0.05, 0.1) is 25.3 Å². The summed E-state index contributed by atoms with van der Waals surface area (Å²) in [6.07, 6.45) is 5.97. The maximum absolute atomic E-state index is 12.4. The van der Waals surface area contributed by atoms with Crippen molar-refractivity contribution in [1.29, 1.82) is 0 Å². The zero-order chi connectivity index (χ0) is 27.8. The van der Waals surface area contributed by atoms with Crippen LogP contribution in [-0.4, -0.2) is 87.2 Å². The Bertz CT molecular complexity index is 745. The van der Waals surface area contributed by atoms with Gasteiger partial charge in [0.25, 0.3) is 0 Å². The number of hydrogen-bond donors (Lipinski definition) is 5. The molecule has 1 saturated carbocycles. The predicted octanol–water partition coefficient (Wildman–Crippen LogP) is 0.361. The summed E-state index contributed by atoms with van der Waals surface area (Å²) in [5, 5.41) is 6.93. The number of ketones is 1. The first-order valence-electron chi connectivity index (χ1n) is 12.7. The molecule has 0 heterocycles. The van der Waals surface area contributed by atoms with Crippen LogP contribution < -0.4 is 27.9 Å². The van der Waals surface area contributed by atoms with Crippen LogP contribution in [0.1, 0.15) is 46.5 Å². The first-order valence-corrected chi connectivity index (χ1v) is 14.6. The van der Waals surface area contributed by atoms with Crippen LogP contribution in [0.5, 0.6) is 0 Å². The number of amides is 2. The van der Waals surface area contributed by atoms with E-state index in [0.717, 1.165) is 25.7 Å². The largest absolute Gasteiger partial charge is 0.399 e. The third-order valence-corrected chi connectivity index (χ3v) is 7.66. The van der Waals surface area contributed by atoms with E-state index < -0.39 is 13.7 Å². The van der Waals surface area contributed by atoms with E-state index in [2.05, 4.69) is 10.6 Å². The second kappa shape index (κ2) is 17.6. The van der Waals surface area contributed by atoms with Crippen molar-refractivity contribution in [3.8, 4) is 0 Å². The fourth-order valence-corrected chi connectivity index (χ4v) is 5.47. The lowest BCUT2D eigenvalue weighted by Gasteiger charge is -2.29. The summed E-state index contributed by atoms with van der Waals surface area (Å²) < 4.78 is 16.6. The predicted molar refractivity (Wildman–Crippen MR) is 144 cm³/mol. The molecule has 0 aromatic carbocycles. The molecule has 1 rings (SSSR count). The van der Waals surface area contributed by atoms with E-state index in [1.807, 2.05) is 20.5 Å². The number of rotatable bonds is 18. The van der Waals surface area contributed by atoms with E-state index in [0.29, 0.717) is 37.5 Å². The number of carbonyl (C=O) groups is 3. The number of nitrogens with zero attached hydrogens (tertiary/aromatic N) is 1. The Hall–Kier alpha value is -1.82. The van der Waals surface area contributed by atoms with E-state index in [9.17, 15) is 14.4 Å². The van der Waals surface area contributed by atoms with Crippen molar-refractivity contribution in [2.45, 2.75) is 52.1 Å². The highest BCUT2D eigenvalue weighted by Gasteiger charge is 2.25. The third-order valence-electron chi connectivity index (χ3n) is 5.89. The number of nitrogens with one attached hydrogen (secondary N) is 2. The van der Waals surface area contributed by atoms with E-state index in [4.69, 9.17) is 31.3 Å². The summed E-state index contributed by atoms with van der Waals surface area (Å²) in [7, 11) is -0.847. The van der Waals surface area contributed by atoms with Crippen LogP contribution in [0.15, 0.2) is 11.9 Å². The average molecular weight is 547 g/mol. The number of Topliss-reactive ketones (excluding diaryl/α,β-unsaturated/α-hetero) is 1. The number of nitrogens with two attached hydrogens (primary N) is 3. The van der Waals surface area contributed by atoms with Gasteiger partial charge >= 0.3 is 0 Å². The minimum atomic E-state index is -0.847. The SMILES string of the molecule is CC(=O)COCC(=O)NCOP(C)CC(C)(C)OCCN(N)/C=C(\N)CNC(=O)C1CCC(CN)CC1. The summed E-state index contributed by atoms with van der Waals surface area (Å²) in [4.78, 5) is 34.8. The van der Waals surface area contributed by atoms with Gasteiger partial charge in [-0.3, -0.25) is 14.4 Å². The molecule has 13 heteroatoms. The van der Waals surface area contributed by atoms with Crippen LogP contribution in [0.25, 0.3) is 0 Å². The molecule has 0 spiro atoms. The maximum atomic E-state index is 12.4. The molecule has 0 saturated heterocycles. The zero-order valence-electron chi connectivity index (χ0n) is 22.8. The summed E-state index contributed by atoms with van der Waals surface area (Å²) in [6.45, 7) is 8.78. The molecule has 1 aliphatic rings. The standard InChI is InChI=1S/C24H47N6O6P/c1-18(31)14-34-15-22(32)29-17-36-37(4)16-24(2,3)35-10-9-30(27)13-21(26)12-28-23(33)20-7-5-19(11-25)6-8-20/h13,19-20H,5-12,14-17,25-27H2,1-4H3,(H,28,33)(H,29,32)/b21-13-. The van der Waals surface area contributed by atoms with Crippen molar-refractivity contribution < 1.29 is 28.4 Å². The van der Waals surface area contributed by atoms with E-state index >= 15 is 0 Å². The Morgan fingerprint density at radius 2 is 1.81 bits per heavy atom. The zero-order valence-corrected chi connectivity index (χ0v) is 23.7. The number of carbonyl (C=O) groups excluding carboxylic acids is 3. The highest BCUT2D eigenvalue weighted by molar-refractivity contribution is 7.51. The first kappa shape index (κ1) is 33.2. The third kappa shape index (κ3) is 15.9. The molecule has 0 bridgehead atoms. The molecule has 214 valence electrons. The van der Waals surface area contributed by atoms with Crippen molar-refractivity contribution in [2.24, 2.45) is 29.1 Å². The van der Waals surface area contributed by atoms with Crippen LogP contribution in [0.3, 0.4) is 0 Å². The smallest absolute Gasteiger partial charge is 0.247 e. The molecule has 1 unspecified atom stereocenters. The van der Waals surface area contributed by atoms with Gasteiger partial charge < -0.3 is 41.1 Å². The topological polar surface area (TPSA) is 184 Å². The number of ether oxygens (including phenoxy) is 2. The van der Waals surface area contributed by atoms with Crippen LogP contribution in [-0.2, 0) is 28.4 Å². The lowest BCUT2D eigenvalue weighted by atomic mass is 9.81. The number of hydrogen-bond acceptors (Lipinski definition) is 10. The van der Waals surface area contributed by atoms with Gasteiger partial charge in [-0.15, -0.1) is 0 Å². The molecule has 0 aliphatic heterocycles. The second-order valence-electron chi connectivity index (χ2n) is 10.1. The van der Waals surface area contributed by atoms with Gasteiger partial charge in [-0.1, -0.05) is 0 Å². The van der Waals surface area contributed by atoms with Gasteiger partial charge in [0.15, 0.2) is 5.78 Å². The molecule has 8 N–H and O–H groups in total. The molecule has 1 fully saturated rings. The fourth-order valence-electron chi connectivity index (χ4n) is 3.93. The minimum absolute atomic E-state index is 0.0243. The molecule has 0 aromatic rings. The molecule has 1 atom stereocenters. The Labute approximate surface area is 222 Å². The molecule has 2 amide bonds. The molecular weight excluding hydrogens is 499 g/mol. The molecule has 0 radical (unpaired) electrons. The van der Waals surface area contributed by atoms with Crippen molar-refractivity contribution in [3.63, 3.8) is 0 Å². The molecular formula is C24H47N6O6P. The fraction of sp³-hybridized carbons (Fsp3) is 0.792. The maximum Gasteiger partial charge on any atom is 0.247 e. The Kier molecular flexibility index (Phi) is 15.8. The summed E-state index contributed by atoms with van der Waals surface area (Å²) in [5.41, 5.74) is 11.8. The van der Waals surface area contributed by atoms with E-state index in [1.165, 1.54) is 11.9 Å². The highest BCUT2D eigenvalue weighted by Crippen LogP contribution is 2.36. The monoisotopic (exact) mass is 546 g/mol. The van der Waals surface area contributed by atoms with Crippen LogP contribution in [0, 0.1) is 11.8 Å². The summed E-state index contributed by atoms with van der Waals surface area (Å²) in [5.74, 6) is 6.11. The first-order chi connectivity index (χ1) is 17.4. The van der Waals surface area contributed by atoms with E-state index in [1.54, 1.807) is 6.20 Å². The van der Waals surface area contributed by atoms with Crippen LogP contribution in [0.2, 0.25) is 0 Å². The van der Waals surface area contributed by atoms with Crippen molar-refractivity contribution in [1.82, 2.24) is 15.6 Å². The van der Waals surface area contributed by atoms with Gasteiger partial charge in [-0.05, 0) is 65.6 Å². The molecule has 12 nitrogen and oxygen atoms in total. The molecule has 37 heavy (non-hydrogen) atoms. The number of hydrazine groups is 1. The molecule has 0 aromatic heterocycles. The Morgan fingerprint density at radius 3 is 2.43 bits per heavy atom. The summed E-state index contributed by atoms with van der Waals surface area (Å²) in [6, 6.07) is 0. The molecule has 1 aliphatic carbocycles. The van der Waals surface area contributed by atoms with Gasteiger partial charge in [-0.2, -0.15) is 0 Å². The Balaban J connectivity index is 2.22. The van der Waals surface area contributed by atoms with Crippen LogP contribution >= 0.6 is 8.15 Å². The minimum Gasteiger partial charge on any atom is -0.399 e. The summed E-state index contributed by atoms with van der Waals surface area (Å²) >= 11 is 0. The lowest BCUT2D eigenvalue weighted by Crippen LogP contribution is -2.38. The van der Waals surface area contributed by atoms with Gasteiger partial charge in [0.1, 0.15) is 19.9 Å².